The molecule has 0 amide bonds. The Kier molecular flexibility index (Phi) is 2.17. The summed E-state index contributed by atoms with van der Waals surface area (Å²) in [6.07, 6.45) is 5.21. The van der Waals surface area contributed by atoms with Crippen molar-refractivity contribution < 1.29 is 4.79 Å². The fourth-order valence-electron chi connectivity index (χ4n) is 1.97. The van der Waals surface area contributed by atoms with Gasteiger partial charge in [0.05, 0.1) is 11.3 Å². The number of fused-ring (bicyclic) bond motifs is 1. The molecule has 0 saturated carbocycles. The van der Waals surface area contributed by atoms with E-state index in [0.717, 1.165) is 42.6 Å². The minimum absolute atomic E-state index is 0.849. The van der Waals surface area contributed by atoms with E-state index in [2.05, 4.69) is 5.10 Å². The smallest absolute Gasteiger partial charge is 0.153 e. The molecular formula is C10H14N2O. The van der Waals surface area contributed by atoms with Crippen molar-refractivity contribution in [1.29, 1.82) is 0 Å². The fourth-order valence-corrected chi connectivity index (χ4v) is 1.97. The molecule has 0 spiro atoms. The van der Waals surface area contributed by atoms with Crippen LogP contribution in [0.1, 0.15) is 41.5 Å². The summed E-state index contributed by atoms with van der Waals surface area (Å²) in [5, 5.41) is 4.43. The highest BCUT2D eigenvalue weighted by Gasteiger charge is 2.18. The van der Waals surface area contributed by atoms with Gasteiger partial charge in [0.2, 0.25) is 0 Å². The van der Waals surface area contributed by atoms with Gasteiger partial charge in [-0.25, -0.2) is 0 Å². The van der Waals surface area contributed by atoms with Crippen LogP contribution < -0.4 is 0 Å². The second kappa shape index (κ2) is 3.32. The molecule has 1 aliphatic heterocycles. The number of hydrogen-bond donors (Lipinski definition) is 0. The largest absolute Gasteiger partial charge is 0.298 e. The van der Waals surface area contributed by atoms with Gasteiger partial charge in [-0.1, -0.05) is 6.92 Å². The van der Waals surface area contributed by atoms with Gasteiger partial charge in [-0.15, -0.1) is 0 Å². The summed E-state index contributed by atoms with van der Waals surface area (Å²) in [5.74, 6) is 0. The van der Waals surface area contributed by atoms with Crippen LogP contribution >= 0.6 is 0 Å². The number of aromatic nitrogens is 2. The zero-order valence-electron chi connectivity index (χ0n) is 7.92. The zero-order chi connectivity index (χ0) is 9.26. The predicted octanol–water partition coefficient (Wildman–Crippen LogP) is 1.59. The van der Waals surface area contributed by atoms with Crippen molar-refractivity contribution in [3.63, 3.8) is 0 Å². The third-order valence-electron chi connectivity index (χ3n) is 2.66. The predicted molar refractivity (Wildman–Crippen MR) is 49.9 cm³/mol. The molecule has 0 N–H and O–H groups in total. The Morgan fingerprint density at radius 2 is 2.38 bits per heavy atom. The first kappa shape index (κ1) is 8.48. The van der Waals surface area contributed by atoms with Crippen LogP contribution in [0.25, 0.3) is 0 Å². The lowest BCUT2D eigenvalue weighted by Crippen LogP contribution is -2.11. The van der Waals surface area contributed by atoms with Crippen LogP contribution in [0.5, 0.6) is 0 Å². The molecule has 0 aromatic carbocycles. The normalized spacial score (nSPS) is 15.5. The molecule has 3 nitrogen and oxygen atoms in total. The molecule has 0 unspecified atom stereocenters. The zero-order valence-corrected chi connectivity index (χ0v) is 7.92. The lowest BCUT2D eigenvalue weighted by molar-refractivity contribution is 0.112. The molecule has 0 atom stereocenters. The average Bonchev–Trinajstić information content (AvgIpc) is 2.55. The van der Waals surface area contributed by atoms with Crippen LogP contribution in [-0.2, 0) is 19.4 Å². The van der Waals surface area contributed by atoms with Crippen molar-refractivity contribution in [3.05, 3.63) is 17.0 Å². The first-order chi connectivity index (χ1) is 6.36. The molecule has 0 fully saturated rings. The van der Waals surface area contributed by atoms with Gasteiger partial charge in [0, 0.05) is 12.2 Å². The number of hydrogen-bond acceptors (Lipinski definition) is 2. The number of nitrogens with zero attached hydrogens (tertiary/aromatic N) is 2. The van der Waals surface area contributed by atoms with Gasteiger partial charge in [0.15, 0.2) is 6.29 Å². The Morgan fingerprint density at radius 1 is 1.54 bits per heavy atom. The highest BCUT2D eigenvalue weighted by Crippen LogP contribution is 2.20. The topological polar surface area (TPSA) is 34.9 Å². The number of aryl methyl sites for hydroxylation is 2. The second-order valence-corrected chi connectivity index (χ2v) is 3.46. The molecule has 1 aromatic rings. The Hall–Kier alpha value is -1.12. The highest BCUT2D eigenvalue weighted by molar-refractivity contribution is 5.78. The quantitative estimate of drug-likeness (QED) is 0.645. The highest BCUT2D eigenvalue weighted by atomic mass is 16.1. The van der Waals surface area contributed by atoms with Gasteiger partial charge >= 0.3 is 0 Å². The average molecular weight is 178 g/mol. The van der Waals surface area contributed by atoms with E-state index < -0.39 is 0 Å². The van der Waals surface area contributed by atoms with E-state index in [4.69, 9.17) is 0 Å². The van der Waals surface area contributed by atoms with E-state index in [0.29, 0.717) is 0 Å². The molecule has 0 radical (unpaired) electrons. The molecule has 1 aliphatic rings. The van der Waals surface area contributed by atoms with E-state index in [-0.39, 0.29) is 0 Å². The van der Waals surface area contributed by atoms with Gasteiger partial charge in [-0.2, -0.15) is 5.10 Å². The SMILES string of the molecule is CCc1nn2c(c1C=O)CCCC2. The van der Waals surface area contributed by atoms with Crippen molar-refractivity contribution in [2.75, 3.05) is 0 Å². The summed E-state index contributed by atoms with van der Waals surface area (Å²) in [7, 11) is 0. The molecule has 0 aliphatic carbocycles. The Balaban J connectivity index is 2.50. The molecule has 70 valence electrons. The number of carbonyl (C=O) groups is 1. The first-order valence-corrected chi connectivity index (χ1v) is 4.90. The summed E-state index contributed by atoms with van der Waals surface area (Å²) in [6, 6.07) is 0. The van der Waals surface area contributed by atoms with Crippen LogP contribution in [0.4, 0.5) is 0 Å². The van der Waals surface area contributed by atoms with Gasteiger partial charge in [0.1, 0.15) is 0 Å². The van der Waals surface area contributed by atoms with Crippen LogP contribution in [0, 0.1) is 0 Å². The van der Waals surface area contributed by atoms with Gasteiger partial charge in [0.25, 0.3) is 0 Å². The lowest BCUT2D eigenvalue weighted by Gasteiger charge is -2.12. The minimum Gasteiger partial charge on any atom is -0.298 e. The summed E-state index contributed by atoms with van der Waals surface area (Å²) in [6.45, 7) is 3.03. The Morgan fingerprint density at radius 3 is 3.08 bits per heavy atom. The van der Waals surface area contributed by atoms with Crippen LogP contribution in [0.15, 0.2) is 0 Å². The molecular weight excluding hydrogens is 164 g/mol. The number of aldehydes is 1. The molecule has 3 heteroatoms. The van der Waals surface area contributed by atoms with Gasteiger partial charge < -0.3 is 0 Å². The monoisotopic (exact) mass is 178 g/mol. The lowest BCUT2D eigenvalue weighted by atomic mass is 10.1. The summed E-state index contributed by atoms with van der Waals surface area (Å²) in [4.78, 5) is 10.9. The number of carbonyl (C=O) groups excluding carboxylic acids is 1. The second-order valence-electron chi connectivity index (χ2n) is 3.46. The fraction of sp³-hybridized carbons (Fsp3) is 0.600. The van der Waals surface area contributed by atoms with Crippen molar-refractivity contribution in [1.82, 2.24) is 9.78 Å². The summed E-state index contributed by atoms with van der Waals surface area (Å²) < 4.78 is 2.01. The summed E-state index contributed by atoms with van der Waals surface area (Å²) in [5.41, 5.74) is 2.97. The van der Waals surface area contributed by atoms with E-state index in [1.54, 1.807) is 0 Å². The number of rotatable bonds is 2. The van der Waals surface area contributed by atoms with Crippen LogP contribution in [0.2, 0.25) is 0 Å². The third kappa shape index (κ3) is 1.28. The molecule has 0 saturated heterocycles. The molecule has 0 bridgehead atoms. The maximum atomic E-state index is 10.9. The van der Waals surface area contributed by atoms with E-state index in [1.807, 2.05) is 11.6 Å². The minimum atomic E-state index is 0.849. The molecule has 1 aromatic heterocycles. The molecule has 13 heavy (non-hydrogen) atoms. The van der Waals surface area contributed by atoms with Crippen molar-refractivity contribution in [2.45, 2.75) is 39.2 Å². The maximum Gasteiger partial charge on any atom is 0.153 e. The maximum absolute atomic E-state index is 10.9. The first-order valence-electron chi connectivity index (χ1n) is 4.90. The Labute approximate surface area is 77.7 Å². The van der Waals surface area contributed by atoms with Crippen LogP contribution in [-0.4, -0.2) is 16.1 Å². The van der Waals surface area contributed by atoms with Crippen molar-refractivity contribution in [2.24, 2.45) is 0 Å². The third-order valence-corrected chi connectivity index (χ3v) is 2.66. The van der Waals surface area contributed by atoms with E-state index in [9.17, 15) is 4.79 Å². The Bertz CT molecular complexity index is 328. The van der Waals surface area contributed by atoms with Gasteiger partial charge in [-0.3, -0.25) is 9.48 Å². The van der Waals surface area contributed by atoms with Crippen molar-refractivity contribution in [3.8, 4) is 0 Å². The van der Waals surface area contributed by atoms with Gasteiger partial charge in [-0.05, 0) is 25.7 Å². The molecule has 2 rings (SSSR count). The standard InChI is InChI=1S/C10H14N2O/c1-2-9-8(7-13)10-5-3-4-6-12(10)11-9/h7H,2-6H2,1H3. The van der Waals surface area contributed by atoms with E-state index >= 15 is 0 Å². The van der Waals surface area contributed by atoms with Crippen LogP contribution in [0.3, 0.4) is 0 Å². The summed E-state index contributed by atoms with van der Waals surface area (Å²) >= 11 is 0. The van der Waals surface area contributed by atoms with Crippen molar-refractivity contribution >= 4 is 6.29 Å². The van der Waals surface area contributed by atoms with E-state index in [1.165, 1.54) is 12.8 Å². The molecule has 2 heterocycles.